The summed E-state index contributed by atoms with van der Waals surface area (Å²) in [6.45, 7) is 2.49. The van der Waals surface area contributed by atoms with E-state index >= 15 is 0 Å². The molecule has 2 unspecified atom stereocenters. The van der Waals surface area contributed by atoms with Gasteiger partial charge in [0.25, 0.3) is 0 Å². The summed E-state index contributed by atoms with van der Waals surface area (Å²) < 4.78 is 1.72. The second kappa shape index (κ2) is 5.25. The van der Waals surface area contributed by atoms with Gasteiger partial charge in [0.15, 0.2) is 5.82 Å². The first-order valence-corrected chi connectivity index (χ1v) is 6.11. The zero-order valence-corrected chi connectivity index (χ0v) is 10.9. The number of hydrogen-bond donors (Lipinski definition) is 2. The SMILES string of the molecule is CC1C(C(=O)O)CCN1C(=O)NCc1nncn1C. The third kappa shape index (κ3) is 2.67. The van der Waals surface area contributed by atoms with Crippen molar-refractivity contribution in [2.45, 2.75) is 25.9 Å². The molecule has 1 fully saturated rings. The summed E-state index contributed by atoms with van der Waals surface area (Å²) in [5, 5.41) is 19.3. The minimum absolute atomic E-state index is 0.265. The lowest BCUT2D eigenvalue weighted by molar-refractivity contribution is -0.142. The number of nitrogens with zero attached hydrogens (tertiary/aromatic N) is 4. The van der Waals surface area contributed by atoms with E-state index in [0.717, 1.165) is 0 Å². The van der Waals surface area contributed by atoms with E-state index in [0.29, 0.717) is 18.8 Å². The van der Waals surface area contributed by atoms with E-state index in [4.69, 9.17) is 5.11 Å². The Balaban J connectivity index is 1.91. The van der Waals surface area contributed by atoms with Gasteiger partial charge in [-0.25, -0.2) is 4.79 Å². The van der Waals surface area contributed by atoms with Crippen LogP contribution in [0.25, 0.3) is 0 Å². The van der Waals surface area contributed by atoms with Gasteiger partial charge in [-0.1, -0.05) is 0 Å². The van der Waals surface area contributed by atoms with E-state index in [1.807, 2.05) is 0 Å². The van der Waals surface area contributed by atoms with Crippen LogP contribution in [-0.4, -0.2) is 49.4 Å². The Hall–Kier alpha value is -2.12. The number of carbonyl (C=O) groups excluding carboxylic acids is 1. The zero-order valence-electron chi connectivity index (χ0n) is 10.9. The number of carboxylic acids is 1. The first-order valence-electron chi connectivity index (χ1n) is 6.11. The second-order valence-electron chi connectivity index (χ2n) is 4.68. The van der Waals surface area contributed by atoms with Gasteiger partial charge in [0.1, 0.15) is 6.33 Å². The van der Waals surface area contributed by atoms with Crippen molar-refractivity contribution >= 4 is 12.0 Å². The Bertz CT molecular complexity index is 486. The fraction of sp³-hybridized carbons (Fsp3) is 0.636. The van der Waals surface area contributed by atoms with Crippen LogP contribution in [0.3, 0.4) is 0 Å². The number of carboxylic acid groups (broad SMARTS) is 1. The third-order valence-electron chi connectivity index (χ3n) is 3.54. The number of hydrogen-bond acceptors (Lipinski definition) is 4. The normalized spacial score (nSPS) is 22.5. The smallest absolute Gasteiger partial charge is 0.318 e. The number of aliphatic carboxylic acids is 1. The van der Waals surface area contributed by atoms with Gasteiger partial charge in [0, 0.05) is 19.6 Å². The fourth-order valence-electron chi connectivity index (χ4n) is 2.28. The van der Waals surface area contributed by atoms with E-state index in [2.05, 4.69) is 15.5 Å². The van der Waals surface area contributed by atoms with Gasteiger partial charge in [0.2, 0.25) is 0 Å². The molecule has 1 aromatic heterocycles. The van der Waals surface area contributed by atoms with Crippen molar-refractivity contribution in [2.75, 3.05) is 6.54 Å². The molecular weight excluding hydrogens is 250 g/mol. The molecule has 19 heavy (non-hydrogen) atoms. The fourth-order valence-corrected chi connectivity index (χ4v) is 2.28. The average molecular weight is 267 g/mol. The number of carbonyl (C=O) groups is 2. The van der Waals surface area contributed by atoms with E-state index in [-0.39, 0.29) is 18.6 Å². The summed E-state index contributed by atoms with van der Waals surface area (Å²) in [6.07, 6.45) is 2.05. The largest absolute Gasteiger partial charge is 0.481 e. The lowest BCUT2D eigenvalue weighted by atomic mass is 10.0. The van der Waals surface area contributed by atoms with Gasteiger partial charge in [-0.15, -0.1) is 10.2 Å². The Labute approximate surface area is 110 Å². The van der Waals surface area contributed by atoms with Gasteiger partial charge < -0.3 is 19.9 Å². The minimum Gasteiger partial charge on any atom is -0.481 e. The van der Waals surface area contributed by atoms with Crippen molar-refractivity contribution in [1.29, 1.82) is 0 Å². The van der Waals surface area contributed by atoms with Crippen LogP contribution in [0.1, 0.15) is 19.2 Å². The number of aromatic nitrogens is 3. The van der Waals surface area contributed by atoms with Crippen molar-refractivity contribution in [3.05, 3.63) is 12.2 Å². The lowest BCUT2D eigenvalue weighted by Gasteiger charge is -2.23. The maximum absolute atomic E-state index is 12.0. The highest BCUT2D eigenvalue weighted by Gasteiger charge is 2.38. The van der Waals surface area contributed by atoms with Crippen molar-refractivity contribution in [3.63, 3.8) is 0 Å². The van der Waals surface area contributed by atoms with Crippen LogP contribution < -0.4 is 5.32 Å². The standard InChI is InChI=1S/C11H17N5O3/c1-7-8(10(17)18)3-4-16(7)11(19)12-5-9-14-13-6-15(9)2/h6-8H,3-5H2,1-2H3,(H,12,19)(H,17,18). The molecule has 1 aromatic rings. The van der Waals surface area contributed by atoms with Gasteiger partial charge in [0.05, 0.1) is 12.5 Å². The highest BCUT2D eigenvalue weighted by molar-refractivity contribution is 5.78. The van der Waals surface area contributed by atoms with Crippen LogP contribution in [0.15, 0.2) is 6.33 Å². The molecule has 0 aromatic carbocycles. The quantitative estimate of drug-likeness (QED) is 0.791. The van der Waals surface area contributed by atoms with Gasteiger partial charge >= 0.3 is 12.0 Å². The number of aryl methyl sites for hydroxylation is 1. The Morgan fingerprint density at radius 3 is 2.84 bits per heavy atom. The van der Waals surface area contributed by atoms with E-state index < -0.39 is 11.9 Å². The van der Waals surface area contributed by atoms with Crippen LogP contribution in [0.4, 0.5) is 4.79 Å². The predicted octanol–water partition coefficient (Wildman–Crippen LogP) is -0.180. The Morgan fingerprint density at radius 2 is 2.32 bits per heavy atom. The molecule has 1 aliphatic rings. The first-order chi connectivity index (χ1) is 9.00. The summed E-state index contributed by atoms with van der Waals surface area (Å²) in [6, 6.07) is -0.559. The molecule has 0 bridgehead atoms. The van der Waals surface area contributed by atoms with E-state index in [9.17, 15) is 9.59 Å². The highest BCUT2D eigenvalue weighted by atomic mass is 16.4. The summed E-state index contributed by atoms with van der Waals surface area (Å²) >= 11 is 0. The predicted molar refractivity (Wildman–Crippen MR) is 65.1 cm³/mol. The van der Waals surface area contributed by atoms with Crippen molar-refractivity contribution in [3.8, 4) is 0 Å². The van der Waals surface area contributed by atoms with E-state index in [1.54, 1.807) is 29.8 Å². The van der Waals surface area contributed by atoms with Crippen molar-refractivity contribution in [2.24, 2.45) is 13.0 Å². The Morgan fingerprint density at radius 1 is 1.58 bits per heavy atom. The van der Waals surface area contributed by atoms with Crippen molar-refractivity contribution < 1.29 is 14.7 Å². The van der Waals surface area contributed by atoms with Gasteiger partial charge in [-0.05, 0) is 13.3 Å². The van der Waals surface area contributed by atoms with Crippen LogP contribution in [0, 0.1) is 5.92 Å². The van der Waals surface area contributed by atoms with Crippen LogP contribution >= 0.6 is 0 Å². The summed E-state index contributed by atoms with van der Waals surface area (Å²) in [5.74, 6) is -0.688. The summed E-state index contributed by atoms with van der Waals surface area (Å²) in [5.41, 5.74) is 0. The third-order valence-corrected chi connectivity index (χ3v) is 3.54. The lowest BCUT2D eigenvalue weighted by Crippen LogP contribution is -2.43. The molecule has 104 valence electrons. The second-order valence-corrected chi connectivity index (χ2v) is 4.68. The van der Waals surface area contributed by atoms with E-state index in [1.165, 1.54) is 0 Å². The highest BCUT2D eigenvalue weighted by Crippen LogP contribution is 2.24. The molecule has 0 radical (unpaired) electrons. The molecule has 0 aliphatic carbocycles. The number of rotatable bonds is 3. The summed E-state index contributed by atoms with van der Waals surface area (Å²) in [7, 11) is 1.79. The number of urea groups is 1. The molecule has 0 saturated carbocycles. The minimum atomic E-state index is -0.851. The molecule has 8 nitrogen and oxygen atoms in total. The molecule has 2 heterocycles. The zero-order chi connectivity index (χ0) is 14.0. The van der Waals surface area contributed by atoms with Crippen LogP contribution in [0.2, 0.25) is 0 Å². The first kappa shape index (κ1) is 13.3. The van der Waals surface area contributed by atoms with Gasteiger partial charge in [-0.3, -0.25) is 4.79 Å². The number of likely N-dealkylation sites (tertiary alicyclic amines) is 1. The maximum Gasteiger partial charge on any atom is 0.318 e. The topological polar surface area (TPSA) is 100 Å². The van der Waals surface area contributed by atoms with Crippen LogP contribution in [-0.2, 0) is 18.4 Å². The van der Waals surface area contributed by atoms with Crippen LogP contribution in [0.5, 0.6) is 0 Å². The molecule has 2 amide bonds. The monoisotopic (exact) mass is 267 g/mol. The average Bonchev–Trinajstić information content (AvgIpc) is 2.92. The number of nitrogens with one attached hydrogen (secondary N) is 1. The Kier molecular flexibility index (Phi) is 3.68. The molecular formula is C11H17N5O3. The van der Waals surface area contributed by atoms with Crippen molar-refractivity contribution in [1.82, 2.24) is 25.0 Å². The molecule has 1 saturated heterocycles. The molecule has 8 heteroatoms. The molecule has 1 aliphatic heterocycles. The number of amides is 2. The molecule has 2 N–H and O–H groups in total. The molecule has 2 atom stereocenters. The molecule has 2 rings (SSSR count). The van der Waals surface area contributed by atoms with Gasteiger partial charge in [-0.2, -0.15) is 0 Å². The molecule has 0 spiro atoms. The summed E-state index contributed by atoms with van der Waals surface area (Å²) in [4.78, 5) is 24.5. The maximum atomic E-state index is 12.0.